The van der Waals surface area contributed by atoms with E-state index in [1.165, 1.54) is 26.2 Å². The van der Waals surface area contributed by atoms with Crippen LogP contribution in [0.3, 0.4) is 0 Å². The molecule has 1 aromatic heterocycles. The number of carbonyl (C=O) groups excluding carboxylic acids is 1. The maximum atomic E-state index is 12.4. The number of hydrogen-bond donors (Lipinski definition) is 1. The number of rotatable bonds is 5. The minimum atomic E-state index is -0.951. The average Bonchev–Trinajstić information content (AvgIpc) is 2.54. The number of pyridine rings is 1. The number of methoxy groups -OCH3 is 1. The molecule has 132 valence electrons. The monoisotopic (exact) mass is 365 g/mol. The van der Waals surface area contributed by atoms with Crippen LogP contribution in [-0.2, 0) is 4.79 Å². The van der Waals surface area contributed by atoms with Crippen molar-refractivity contribution < 1.29 is 14.5 Å². The summed E-state index contributed by atoms with van der Waals surface area (Å²) in [5.74, 6) is -0.0506. The molecule has 0 aliphatic rings. The fraction of sp³-hybridized carbons (Fsp3) is 0.250. The standard InChI is InChI=1S/C16H16ClN3O5/c1-9-4-6-13(20(23)24)16(22)19(9)10(2)15(21)18-11-5-7-14(25-3)12(17)8-11/h4-8,10H,1-3H3,(H,18,21). The summed E-state index contributed by atoms with van der Waals surface area (Å²) in [4.78, 5) is 34.9. The van der Waals surface area contributed by atoms with E-state index in [1.807, 2.05) is 0 Å². The van der Waals surface area contributed by atoms with E-state index in [0.717, 1.165) is 10.6 Å². The fourth-order valence-corrected chi connectivity index (χ4v) is 2.62. The number of aromatic nitrogens is 1. The van der Waals surface area contributed by atoms with Crippen molar-refractivity contribution in [3.63, 3.8) is 0 Å². The Morgan fingerprint density at radius 3 is 2.60 bits per heavy atom. The Balaban J connectivity index is 2.32. The van der Waals surface area contributed by atoms with Gasteiger partial charge in [0.25, 0.3) is 0 Å². The number of anilines is 1. The third-order valence-electron chi connectivity index (χ3n) is 3.68. The highest BCUT2D eigenvalue weighted by molar-refractivity contribution is 6.32. The predicted molar refractivity (Wildman–Crippen MR) is 93.4 cm³/mol. The summed E-state index contributed by atoms with van der Waals surface area (Å²) in [5.41, 5.74) is -0.567. The molecular weight excluding hydrogens is 350 g/mol. The Kier molecular flexibility index (Phi) is 5.43. The second-order valence-corrected chi connectivity index (χ2v) is 5.71. The van der Waals surface area contributed by atoms with E-state index in [9.17, 15) is 19.7 Å². The molecule has 1 unspecified atom stereocenters. The van der Waals surface area contributed by atoms with E-state index >= 15 is 0 Å². The van der Waals surface area contributed by atoms with Crippen molar-refractivity contribution in [2.75, 3.05) is 12.4 Å². The molecule has 0 radical (unpaired) electrons. The van der Waals surface area contributed by atoms with Gasteiger partial charge in [0.2, 0.25) is 5.91 Å². The Bertz CT molecular complexity index is 894. The van der Waals surface area contributed by atoms with Crippen molar-refractivity contribution >= 4 is 28.9 Å². The summed E-state index contributed by atoms with van der Waals surface area (Å²) >= 11 is 6.01. The molecule has 9 heteroatoms. The molecule has 0 bridgehead atoms. The van der Waals surface area contributed by atoms with Crippen molar-refractivity contribution in [2.45, 2.75) is 19.9 Å². The van der Waals surface area contributed by atoms with E-state index in [4.69, 9.17) is 16.3 Å². The van der Waals surface area contributed by atoms with Gasteiger partial charge in [0.15, 0.2) is 0 Å². The largest absolute Gasteiger partial charge is 0.495 e. The molecule has 0 aliphatic carbocycles. The molecule has 0 aliphatic heterocycles. The highest BCUT2D eigenvalue weighted by Crippen LogP contribution is 2.27. The van der Waals surface area contributed by atoms with Gasteiger partial charge in [0.1, 0.15) is 11.8 Å². The Hall–Kier alpha value is -2.87. The molecule has 0 spiro atoms. The summed E-state index contributed by atoms with van der Waals surface area (Å²) < 4.78 is 6.12. The average molecular weight is 366 g/mol. The van der Waals surface area contributed by atoms with Crippen molar-refractivity contribution in [3.05, 3.63) is 61.5 Å². The first kappa shape index (κ1) is 18.5. The van der Waals surface area contributed by atoms with Gasteiger partial charge in [-0.3, -0.25) is 24.3 Å². The summed E-state index contributed by atoms with van der Waals surface area (Å²) in [7, 11) is 1.47. The third-order valence-corrected chi connectivity index (χ3v) is 3.98. The molecule has 1 N–H and O–H groups in total. The van der Waals surface area contributed by atoms with E-state index in [2.05, 4.69) is 5.32 Å². The normalized spacial score (nSPS) is 11.7. The van der Waals surface area contributed by atoms with E-state index in [0.29, 0.717) is 22.2 Å². The van der Waals surface area contributed by atoms with E-state index in [1.54, 1.807) is 19.1 Å². The number of ether oxygens (including phenoxy) is 1. The lowest BCUT2D eigenvalue weighted by atomic mass is 10.2. The smallest absolute Gasteiger partial charge is 0.334 e. The van der Waals surface area contributed by atoms with Gasteiger partial charge in [0.05, 0.1) is 17.1 Å². The number of hydrogen-bond acceptors (Lipinski definition) is 5. The molecule has 2 rings (SSSR count). The summed E-state index contributed by atoms with van der Waals surface area (Å²) in [5, 5.41) is 13.9. The highest BCUT2D eigenvalue weighted by Gasteiger charge is 2.23. The second kappa shape index (κ2) is 7.35. The van der Waals surface area contributed by atoms with Crippen LogP contribution in [0.1, 0.15) is 18.7 Å². The lowest BCUT2D eigenvalue weighted by Crippen LogP contribution is -2.33. The quantitative estimate of drug-likeness (QED) is 0.648. The molecule has 1 amide bonds. The van der Waals surface area contributed by atoms with Gasteiger partial charge in [-0.2, -0.15) is 0 Å². The molecule has 0 fully saturated rings. The fourth-order valence-electron chi connectivity index (χ4n) is 2.36. The molecule has 2 aromatic rings. The zero-order valence-electron chi connectivity index (χ0n) is 13.8. The van der Waals surface area contributed by atoms with Crippen molar-refractivity contribution in [1.82, 2.24) is 4.57 Å². The molecule has 8 nitrogen and oxygen atoms in total. The van der Waals surface area contributed by atoms with E-state index < -0.39 is 28.1 Å². The molecule has 1 heterocycles. The first-order valence-corrected chi connectivity index (χ1v) is 7.65. The first-order valence-electron chi connectivity index (χ1n) is 7.27. The van der Waals surface area contributed by atoms with Gasteiger partial charge >= 0.3 is 11.2 Å². The number of benzene rings is 1. The van der Waals surface area contributed by atoms with Crippen LogP contribution >= 0.6 is 11.6 Å². The van der Waals surface area contributed by atoms with Crippen molar-refractivity contribution in [1.29, 1.82) is 0 Å². The zero-order chi connectivity index (χ0) is 18.7. The van der Waals surface area contributed by atoms with Crippen LogP contribution in [-0.4, -0.2) is 22.5 Å². The van der Waals surface area contributed by atoms with Crippen LogP contribution in [0.2, 0.25) is 5.02 Å². The lowest BCUT2D eigenvalue weighted by molar-refractivity contribution is -0.386. The van der Waals surface area contributed by atoms with Crippen LogP contribution < -0.4 is 15.6 Å². The van der Waals surface area contributed by atoms with Crippen LogP contribution in [0.15, 0.2) is 35.1 Å². The van der Waals surface area contributed by atoms with Crippen LogP contribution in [0.4, 0.5) is 11.4 Å². The number of aryl methyl sites for hydroxylation is 1. The predicted octanol–water partition coefficient (Wildman–Crippen LogP) is 2.93. The summed E-state index contributed by atoms with van der Waals surface area (Å²) in [6.45, 7) is 3.08. The van der Waals surface area contributed by atoms with Gasteiger partial charge in [0, 0.05) is 17.4 Å². The molecule has 0 saturated heterocycles. The second-order valence-electron chi connectivity index (χ2n) is 5.31. The van der Waals surface area contributed by atoms with Gasteiger partial charge in [-0.05, 0) is 38.1 Å². The Morgan fingerprint density at radius 1 is 1.36 bits per heavy atom. The first-order chi connectivity index (χ1) is 11.8. The molecular formula is C16H16ClN3O5. The van der Waals surface area contributed by atoms with Crippen molar-refractivity contribution in [2.24, 2.45) is 0 Å². The van der Waals surface area contributed by atoms with Crippen LogP contribution in [0.5, 0.6) is 5.75 Å². The number of nitrogens with one attached hydrogen (secondary N) is 1. The minimum absolute atomic E-state index is 0.316. The summed E-state index contributed by atoms with van der Waals surface area (Å²) in [6.07, 6.45) is 0. The maximum absolute atomic E-state index is 12.4. The van der Waals surface area contributed by atoms with Gasteiger partial charge in [-0.25, -0.2) is 0 Å². The molecule has 1 aromatic carbocycles. The topological polar surface area (TPSA) is 103 Å². The summed E-state index contributed by atoms with van der Waals surface area (Å²) in [6, 6.07) is 6.29. The van der Waals surface area contributed by atoms with Crippen LogP contribution in [0.25, 0.3) is 0 Å². The highest BCUT2D eigenvalue weighted by atomic mass is 35.5. The Morgan fingerprint density at radius 2 is 2.04 bits per heavy atom. The third kappa shape index (κ3) is 3.80. The number of nitro groups is 1. The van der Waals surface area contributed by atoms with Crippen molar-refractivity contribution in [3.8, 4) is 5.75 Å². The van der Waals surface area contributed by atoms with Gasteiger partial charge < -0.3 is 10.1 Å². The molecule has 1 atom stereocenters. The van der Waals surface area contributed by atoms with Gasteiger partial charge in [-0.1, -0.05) is 11.6 Å². The van der Waals surface area contributed by atoms with Crippen LogP contribution in [0, 0.1) is 17.0 Å². The molecule has 0 saturated carbocycles. The zero-order valence-corrected chi connectivity index (χ0v) is 14.5. The lowest BCUT2D eigenvalue weighted by Gasteiger charge is -2.17. The Labute approximate surface area is 148 Å². The molecule has 25 heavy (non-hydrogen) atoms. The van der Waals surface area contributed by atoms with Gasteiger partial charge in [-0.15, -0.1) is 0 Å². The van der Waals surface area contributed by atoms with E-state index in [-0.39, 0.29) is 0 Å². The number of carbonyl (C=O) groups is 1. The maximum Gasteiger partial charge on any atom is 0.334 e. The number of amides is 1. The minimum Gasteiger partial charge on any atom is -0.495 e. The SMILES string of the molecule is COc1ccc(NC(=O)C(C)n2c(C)ccc([N+](=O)[O-])c2=O)cc1Cl. The number of halogens is 1. The number of nitrogens with zero attached hydrogens (tertiary/aromatic N) is 2.